The minimum atomic E-state index is -3.30. The van der Waals surface area contributed by atoms with E-state index in [2.05, 4.69) is 0 Å². The lowest BCUT2D eigenvalue weighted by Gasteiger charge is -2.32. The number of hydrogen-bond acceptors (Lipinski definition) is 4. The van der Waals surface area contributed by atoms with Crippen molar-refractivity contribution in [2.75, 3.05) is 12.3 Å². The molecule has 0 aromatic heterocycles. The molecule has 1 fully saturated rings. The van der Waals surface area contributed by atoms with Gasteiger partial charge < -0.3 is 5.11 Å². The summed E-state index contributed by atoms with van der Waals surface area (Å²) in [7, 11) is -3.30. The van der Waals surface area contributed by atoms with Crippen LogP contribution in [0, 0.1) is 0 Å². The van der Waals surface area contributed by atoms with Crippen LogP contribution in [-0.4, -0.2) is 42.7 Å². The molecule has 2 heterocycles. The van der Waals surface area contributed by atoms with Crippen LogP contribution in [0.1, 0.15) is 37.3 Å². The highest BCUT2D eigenvalue weighted by molar-refractivity contribution is 7.91. The van der Waals surface area contributed by atoms with E-state index in [9.17, 15) is 18.3 Å². The average molecular weight is 309 g/mol. The van der Waals surface area contributed by atoms with Crippen LogP contribution in [0.2, 0.25) is 0 Å². The molecule has 5 nitrogen and oxygen atoms in total. The van der Waals surface area contributed by atoms with Crippen molar-refractivity contribution < 1.29 is 18.3 Å². The van der Waals surface area contributed by atoms with Crippen LogP contribution in [0.25, 0.3) is 0 Å². The Kier molecular flexibility index (Phi) is 3.75. The maximum absolute atomic E-state index is 12.3. The fraction of sp³-hybridized carbons (Fsp3) is 0.533. The summed E-state index contributed by atoms with van der Waals surface area (Å²) >= 11 is 0. The number of fused-ring (bicyclic) bond motifs is 1. The first-order chi connectivity index (χ1) is 10.0. The number of carbonyl (C=O) groups is 1. The topological polar surface area (TPSA) is 74.7 Å². The van der Waals surface area contributed by atoms with Crippen molar-refractivity contribution in [2.45, 2.75) is 42.7 Å². The summed E-state index contributed by atoms with van der Waals surface area (Å²) in [6.45, 7) is 0.644. The number of benzene rings is 1. The maximum Gasteiger partial charge on any atom is 0.320 e. The Balaban J connectivity index is 2.01. The molecule has 0 saturated carbocycles. The number of sulfone groups is 1. The monoisotopic (exact) mass is 309 g/mol. The number of hydrogen-bond donors (Lipinski definition) is 1. The van der Waals surface area contributed by atoms with Gasteiger partial charge in [0, 0.05) is 0 Å². The predicted molar refractivity (Wildman–Crippen MR) is 77.8 cm³/mol. The number of rotatable bonds is 2. The molecule has 3 rings (SSSR count). The van der Waals surface area contributed by atoms with Gasteiger partial charge in [-0.25, -0.2) is 8.42 Å². The van der Waals surface area contributed by atoms with E-state index in [0.717, 1.165) is 24.8 Å². The molecule has 1 aromatic rings. The van der Waals surface area contributed by atoms with Crippen molar-refractivity contribution >= 4 is 15.8 Å². The lowest BCUT2D eigenvalue weighted by atomic mass is 10.0. The first-order valence-electron chi connectivity index (χ1n) is 7.31. The van der Waals surface area contributed by atoms with E-state index in [0.29, 0.717) is 17.9 Å². The fourth-order valence-electron chi connectivity index (χ4n) is 3.47. The summed E-state index contributed by atoms with van der Waals surface area (Å²) in [4.78, 5) is 13.8. The van der Waals surface area contributed by atoms with Gasteiger partial charge in [0.15, 0.2) is 9.84 Å². The van der Waals surface area contributed by atoms with Crippen LogP contribution in [0.15, 0.2) is 29.2 Å². The summed E-state index contributed by atoms with van der Waals surface area (Å²) in [5, 5.41) is 9.48. The molecule has 0 radical (unpaired) electrons. The molecule has 2 aliphatic rings. The second kappa shape index (κ2) is 5.42. The molecule has 1 aromatic carbocycles. The highest BCUT2D eigenvalue weighted by Crippen LogP contribution is 2.39. The Hall–Kier alpha value is -1.40. The molecule has 1 saturated heterocycles. The van der Waals surface area contributed by atoms with Crippen molar-refractivity contribution in [3.8, 4) is 0 Å². The van der Waals surface area contributed by atoms with Gasteiger partial charge in [0.1, 0.15) is 6.04 Å². The Morgan fingerprint density at radius 2 is 1.95 bits per heavy atom. The van der Waals surface area contributed by atoms with Crippen molar-refractivity contribution in [1.29, 1.82) is 0 Å². The summed E-state index contributed by atoms with van der Waals surface area (Å²) < 4.78 is 24.6. The second-order valence-corrected chi connectivity index (χ2v) is 7.78. The first-order valence-corrected chi connectivity index (χ1v) is 8.96. The molecule has 6 heteroatoms. The molecule has 2 unspecified atom stereocenters. The van der Waals surface area contributed by atoms with Crippen LogP contribution in [0.4, 0.5) is 0 Å². The largest absolute Gasteiger partial charge is 0.480 e. The maximum atomic E-state index is 12.3. The van der Waals surface area contributed by atoms with Crippen molar-refractivity contribution in [3.63, 3.8) is 0 Å². The third-order valence-corrected chi connectivity index (χ3v) is 6.27. The van der Waals surface area contributed by atoms with E-state index in [1.54, 1.807) is 12.1 Å². The Morgan fingerprint density at radius 3 is 2.71 bits per heavy atom. The van der Waals surface area contributed by atoms with Crippen LogP contribution < -0.4 is 0 Å². The zero-order chi connectivity index (χ0) is 15.0. The van der Waals surface area contributed by atoms with Gasteiger partial charge >= 0.3 is 5.97 Å². The quantitative estimate of drug-likeness (QED) is 0.902. The number of likely N-dealkylation sites (tertiary alicyclic amines) is 1. The molecule has 0 aliphatic carbocycles. The van der Waals surface area contributed by atoms with Gasteiger partial charge in [0.2, 0.25) is 0 Å². The van der Waals surface area contributed by atoms with Crippen LogP contribution >= 0.6 is 0 Å². The van der Waals surface area contributed by atoms with E-state index in [-0.39, 0.29) is 11.8 Å². The van der Waals surface area contributed by atoms with Gasteiger partial charge in [-0.15, -0.1) is 0 Å². The Labute approximate surface area is 124 Å². The SMILES string of the molecule is O=C(O)C1CCCCCN1C1CS(=O)(=O)c2ccccc21. The average Bonchev–Trinajstić information content (AvgIpc) is 2.63. The molecular formula is C15H19NO4S. The van der Waals surface area contributed by atoms with Gasteiger partial charge in [-0.05, 0) is 31.0 Å². The third kappa shape index (κ3) is 2.58. The highest BCUT2D eigenvalue weighted by atomic mass is 32.2. The first kappa shape index (κ1) is 14.5. The van der Waals surface area contributed by atoms with Crippen LogP contribution in [-0.2, 0) is 14.6 Å². The Bertz CT molecular complexity index is 655. The van der Waals surface area contributed by atoms with E-state index >= 15 is 0 Å². The lowest BCUT2D eigenvalue weighted by Crippen LogP contribution is -2.43. The molecule has 1 N–H and O–H groups in total. The van der Waals surface area contributed by atoms with Gasteiger partial charge in [0.05, 0.1) is 16.7 Å². The van der Waals surface area contributed by atoms with Gasteiger partial charge in [-0.3, -0.25) is 9.69 Å². The molecule has 0 amide bonds. The normalized spacial score (nSPS) is 28.8. The zero-order valence-electron chi connectivity index (χ0n) is 11.7. The van der Waals surface area contributed by atoms with E-state index in [1.165, 1.54) is 0 Å². The number of carboxylic acid groups (broad SMARTS) is 1. The van der Waals surface area contributed by atoms with Crippen molar-refractivity contribution in [1.82, 2.24) is 4.90 Å². The summed E-state index contributed by atoms with van der Waals surface area (Å²) in [6, 6.07) is 6.06. The van der Waals surface area contributed by atoms with E-state index in [1.807, 2.05) is 17.0 Å². The predicted octanol–water partition coefficient (Wildman–Crippen LogP) is 1.84. The highest BCUT2D eigenvalue weighted by Gasteiger charge is 2.42. The second-order valence-electron chi connectivity index (χ2n) is 5.78. The van der Waals surface area contributed by atoms with Gasteiger partial charge in [0.25, 0.3) is 0 Å². The van der Waals surface area contributed by atoms with Gasteiger partial charge in [-0.2, -0.15) is 0 Å². The molecule has 114 valence electrons. The fourth-order valence-corrected chi connectivity index (χ4v) is 5.29. The smallest absolute Gasteiger partial charge is 0.320 e. The number of carboxylic acids is 1. The van der Waals surface area contributed by atoms with Crippen LogP contribution in [0.5, 0.6) is 0 Å². The number of aliphatic carboxylic acids is 1. The molecular weight excluding hydrogens is 290 g/mol. The summed E-state index contributed by atoms with van der Waals surface area (Å²) in [5.74, 6) is -0.852. The van der Waals surface area contributed by atoms with Crippen LogP contribution in [0.3, 0.4) is 0 Å². The third-order valence-electron chi connectivity index (χ3n) is 4.47. The van der Waals surface area contributed by atoms with Gasteiger partial charge in [-0.1, -0.05) is 31.0 Å². The van der Waals surface area contributed by atoms with E-state index < -0.39 is 21.8 Å². The Morgan fingerprint density at radius 1 is 1.19 bits per heavy atom. The standard InChI is InChI=1S/C15H19NO4S/c17-15(18)12-7-2-1-5-9-16(12)13-10-21(19,20)14-8-4-3-6-11(13)14/h3-4,6,8,12-13H,1-2,5,7,9-10H2,(H,17,18). The van der Waals surface area contributed by atoms with Crippen molar-refractivity contribution in [2.24, 2.45) is 0 Å². The lowest BCUT2D eigenvalue weighted by molar-refractivity contribution is -0.144. The zero-order valence-corrected chi connectivity index (χ0v) is 12.6. The van der Waals surface area contributed by atoms with E-state index in [4.69, 9.17) is 0 Å². The summed E-state index contributed by atoms with van der Waals surface area (Å²) in [5.41, 5.74) is 0.755. The van der Waals surface area contributed by atoms with Crippen molar-refractivity contribution in [3.05, 3.63) is 29.8 Å². The molecule has 2 aliphatic heterocycles. The molecule has 0 bridgehead atoms. The molecule has 2 atom stereocenters. The molecule has 0 spiro atoms. The number of nitrogens with zero attached hydrogens (tertiary/aromatic N) is 1. The minimum absolute atomic E-state index is 0.00384. The summed E-state index contributed by atoms with van der Waals surface area (Å²) in [6.07, 6.45) is 3.40. The molecule has 21 heavy (non-hydrogen) atoms. The minimum Gasteiger partial charge on any atom is -0.480 e.